The number of thiophene rings is 1. The standard InChI is InChI=1S/C16H15ClN2OS/c1-9-18-13-7-10(5-6-14(13)20-9)19-12-3-2-4-15-11(12)8-16(17)21-15/h5-8,12,19H,2-4H2,1H3. The molecule has 4 rings (SSSR count). The van der Waals surface area contributed by atoms with Gasteiger partial charge in [-0.1, -0.05) is 11.6 Å². The number of nitrogens with one attached hydrogen (secondary N) is 1. The number of halogens is 1. The fraction of sp³-hybridized carbons (Fsp3) is 0.312. The summed E-state index contributed by atoms with van der Waals surface area (Å²) in [5, 5.41) is 3.62. The van der Waals surface area contributed by atoms with E-state index in [2.05, 4.69) is 22.4 Å². The molecule has 0 spiro atoms. The van der Waals surface area contributed by atoms with Crippen molar-refractivity contribution in [3.8, 4) is 0 Å². The molecule has 21 heavy (non-hydrogen) atoms. The molecule has 0 saturated heterocycles. The fourth-order valence-corrected chi connectivity index (χ4v) is 4.39. The third kappa shape index (κ3) is 2.43. The highest BCUT2D eigenvalue weighted by atomic mass is 35.5. The largest absolute Gasteiger partial charge is 0.441 e. The summed E-state index contributed by atoms with van der Waals surface area (Å²) in [4.78, 5) is 5.81. The van der Waals surface area contributed by atoms with Crippen molar-refractivity contribution in [2.45, 2.75) is 32.2 Å². The van der Waals surface area contributed by atoms with Gasteiger partial charge in [0.2, 0.25) is 0 Å². The van der Waals surface area contributed by atoms with Crippen LogP contribution in [0.15, 0.2) is 28.7 Å². The number of rotatable bonds is 2. The molecule has 1 unspecified atom stereocenters. The zero-order valence-electron chi connectivity index (χ0n) is 11.6. The van der Waals surface area contributed by atoms with E-state index < -0.39 is 0 Å². The zero-order chi connectivity index (χ0) is 14.4. The topological polar surface area (TPSA) is 38.1 Å². The Bertz CT molecular complexity index is 808. The van der Waals surface area contributed by atoms with Gasteiger partial charge in [0.05, 0.1) is 10.4 Å². The Morgan fingerprint density at radius 3 is 3.19 bits per heavy atom. The van der Waals surface area contributed by atoms with Crippen LogP contribution in [0.5, 0.6) is 0 Å². The van der Waals surface area contributed by atoms with Crippen molar-refractivity contribution in [2.24, 2.45) is 0 Å². The van der Waals surface area contributed by atoms with Gasteiger partial charge in [0, 0.05) is 17.5 Å². The molecule has 2 aromatic heterocycles. The van der Waals surface area contributed by atoms with Gasteiger partial charge in [-0.05, 0) is 49.1 Å². The average Bonchev–Trinajstić information content (AvgIpc) is 2.99. The number of hydrogen-bond acceptors (Lipinski definition) is 4. The van der Waals surface area contributed by atoms with Crippen LogP contribution < -0.4 is 5.32 Å². The maximum absolute atomic E-state index is 6.17. The molecule has 0 fully saturated rings. The normalized spacial score (nSPS) is 17.9. The van der Waals surface area contributed by atoms with Crippen LogP contribution in [-0.2, 0) is 6.42 Å². The Morgan fingerprint density at radius 1 is 1.38 bits per heavy atom. The van der Waals surface area contributed by atoms with E-state index in [1.54, 1.807) is 11.3 Å². The summed E-state index contributed by atoms with van der Waals surface area (Å²) in [5.74, 6) is 0.701. The van der Waals surface area contributed by atoms with Gasteiger partial charge in [0.1, 0.15) is 5.52 Å². The third-order valence-electron chi connectivity index (χ3n) is 3.92. The van der Waals surface area contributed by atoms with E-state index >= 15 is 0 Å². The summed E-state index contributed by atoms with van der Waals surface area (Å²) < 4.78 is 6.40. The minimum Gasteiger partial charge on any atom is -0.441 e. The number of anilines is 1. The van der Waals surface area contributed by atoms with Gasteiger partial charge in [-0.25, -0.2) is 4.98 Å². The lowest BCUT2D eigenvalue weighted by Crippen LogP contribution is -2.15. The molecule has 2 heterocycles. The highest BCUT2D eigenvalue weighted by Gasteiger charge is 2.22. The Kier molecular flexibility index (Phi) is 3.16. The van der Waals surface area contributed by atoms with Crippen LogP contribution in [0.25, 0.3) is 11.1 Å². The molecule has 1 N–H and O–H groups in total. The van der Waals surface area contributed by atoms with Crippen molar-refractivity contribution < 1.29 is 4.42 Å². The first-order chi connectivity index (χ1) is 10.2. The minimum atomic E-state index is 0.336. The van der Waals surface area contributed by atoms with E-state index in [0.29, 0.717) is 11.9 Å². The maximum Gasteiger partial charge on any atom is 0.192 e. The van der Waals surface area contributed by atoms with Crippen molar-refractivity contribution in [1.82, 2.24) is 4.98 Å². The summed E-state index contributed by atoms with van der Waals surface area (Å²) >= 11 is 7.88. The predicted molar refractivity (Wildman–Crippen MR) is 87.4 cm³/mol. The van der Waals surface area contributed by atoms with Gasteiger partial charge in [-0.15, -0.1) is 11.3 Å². The molecule has 0 bridgehead atoms. The fourth-order valence-electron chi connectivity index (χ4n) is 3.00. The maximum atomic E-state index is 6.17. The SMILES string of the molecule is Cc1nc2cc(NC3CCCc4sc(Cl)cc43)ccc2o1. The Balaban J connectivity index is 1.65. The molecular formula is C16H15ClN2OS. The smallest absolute Gasteiger partial charge is 0.192 e. The lowest BCUT2D eigenvalue weighted by Gasteiger charge is -2.24. The highest BCUT2D eigenvalue weighted by molar-refractivity contribution is 7.16. The molecule has 1 aromatic carbocycles. The zero-order valence-corrected chi connectivity index (χ0v) is 13.2. The number of benzene rings is 1. The van der Waals surface area contributed by atoms with Gasteiger partial charge in [0.15, 0.2) is 11.5 Å². The summed E-state index contributed by atoms with van der Waals surface area (Å²) in [6.45, 7) is 1.87. The van der Waals surface area contributed by atoms with E-state index in [-0.39, 0.29) is 0 Å². The minimum absolute atomic E-state index is 0.336. The molecule has 1 atom stereocenters. The van der Waals surface area contributed by atoms with Gasteiger partial charge < -0.3 is 9.73 Å². The molecule has 5 heteroatoms. The Morgan fingerprint density at radius 2 is 2.29 bits per heavy atom. The molecule has 3 aromatic rings. The van der Waals surface area contributed by atoms with Gasteiger partial charge in [-0.2, -0.15) is 0 Å². The molecule has 0 aliphatic heterocycles. The van der Waals surface area contributed by atoms with Crippen molar-refractivity contribution in [2.75, 3.05) is 5.32 Å². The van der Waals surface area contributed by atoms with Crippen molar-refractivity contribution in [3.05, 3.63) is 44.9 Å². The second-order valence-corrected chi connectivity index (χ2v) is 7.20. The molecule has 1 aliphatic rings. The molecule has 108 valence electrons. The lowest BCUT2D eigenvalue weighted by molar-refractivity contribution is 0.561. The second kappa shape index (κ2) is 5.04. The summed E-state index contributed by atoms with van der Waals surface area (Å²) in [6.07, 6.45) is 3.48. The molecule has 1 aliphatic carbocycles. The van der Waals surface area contributed by atoms with E-state index in [9.17, 15) is 0 Å². The number of nitrogens with zero attached hydrogens (tertiary/aromatic N) is 1. The monoisotopic (exact) mass is 318 g/mol. The number of fused-ring (bicyclic) bond motifs is 2. The molecule has 0 saturated carbocycles. The summed E-state index contributed by atoms with van der Waals surface area (Å²) in [5.41, 5.74) is 4.17. The third-order valence-corrected chi connectivity index (χ3v) is 5.26. The van der Waals surface area contributed by atoms with E-state index in [0.717, 1.165) is 34.0 Å². The number of hydrogen-bond donors (Lipinski definition) is 1. The van der Waals surface area contributed by atoms with Gasteiger partial charge >= 0.3 is 0 Å². The number of oxazole rings is 1. The van der Waals surface area contributed by atoms with Crippen LogP contribution in [0.3, 0.4) is 0 Å². The Labute approximate surface area is 131 Å². The number of aryl methyl sites for hydroxylation is 2. The molecule has 0 amide bonds. The Hall–Kier alpha value is -1.52. The van der Waals surface area contributed by atoms with Gasteiger partial charge in [0.25, 0.3) is 0 Å². The van der Waals surface area contributed by atoms with Crippen LogP contribution in [0, 0.1) is 6.92 Å². The lowest BCUT2D eigenvalue weighted by atomic mass is 9.94. The quantitative estimate of drug-likeness (QED) is 0.693. The van der Waals surface area contributed by atoms with Crippen LogP contribution >= 0.6 is 22.9 Å². The van der Waals surface area contributed by atoms with Crippen LogP contribution in [0.2, 0.25) is 4.34 Å². The van der Waals surface area contributed by atoms with Crippen LogP contribution in [0.1, 0.15) is 35.2 Å². The first-order valence-electron chi connectivity index (χ1n) is 7.11. The van der Waals surface area contributed by atoms with Crippen LogP contribution in [0.4, 0.5) is 5.69 Å². The summed E-state index contributed by atoms with van der Waals surface area (Å²) in [6, 6.07) is 8.52. The first-order valence-corrected chi connectivity index (χ1v) is 8.30. The van der Waals surface area contributed by atoms with E-state index in [4.69, 9.17) is 16.0 Å². The van der Waals surface area contributed by atoms with Gasteiger partial charge in [-0.3, -0.25) is 0 Å². The highest BCUT2D eigenvalue weighted by Crippen LogP contribution is 2.39. The van der Waals surface area contributed by atoms with Crippen LogP contribution in [-0.4, -0.2) is 4.98 Å². The predicted octanol–water partition coefficient (Wildman–Crippen LogP) is 5.34. The first kappa shape index (κ1) is 13.2. The number of aromatic nitrogens is 1. The molecule has 0 radical (unpaired) electrons. The van der Waals surface area contributed by atoms with E-state index in [1.165, 1.54) is 16.9 Å². The molecular weight excluding hydrogens is 304 g/mol. The summed E-state index contributed by atoms with van der Waals surface area (Å²) in [7, 11) is 0. The van der Waals surface area contributed by atoms with Crippen molar-refractivity contribution in [1.29, 1.82) is 0 Å². The molecule has 3 nitrogen and oxygen atoms in total. The van der Waals surface area contributed by atoms with Crippen molar-refractivity contribution in [3.63, 3.8) is 0 Å². The second-order valence-electron chi connectivity index (χ2n) is 5.43. The average molecular weight is 319 g/mol. The van der Waals surface area contributed by atoms with E-state index in [1.807, 2.05) is 19.1 Å². The van der Waals surface area contributed by atoms with Crippen molar-refractivity contribution >= 4 is 39.7 Å².